The third-order valence-electron chi connectivity index (χ3n) is 3.16. The zero-order valence-electron chi connectivity index (χ0n) is 10.8. The van der Waals surface area contributed by atoms with Crippen LogP contribution in [-0.4, -0.2) is 5.88 Å². The lowest BCUT2D eigenvalue weighted by Gasteiger charge is -2.15. The second kappa shape index (κ2) is 7.44. The largest absolute Gasteiger partial charge is 0.207 e. The Kier molecular flexibility index (Phi) is 5.88. The van der Waals surface area contributed by atoms with E-state index in [1.165, 1.54) is 17.7 Å². The minimum Gasteiger partial charge on any atom is -0.207 e. The highest BCUT2D eigenvalue weighted by Crippen LogP contribution is 2.24. The molecule has 20 heavy (non-hydrogen) atoms. The lowest BCUT2D eigenvalue weighted by Crippen LogP contribution is -2.10. The molecule has 1 unspecified atom stereocenters. The van der Waals surface area contributed by atoms with E-state index in [0.717, 1.165) is 22.9 Å². The summed E-state index contributed by atoms with van der Waals surface area (Å²) in [5, 5.41) is 0.467. The molecule has 0 N–H and O–H groups in total. The summed E-state index contributed by atoms with van der Waals surface area (Å²) in [5.74, 6) is 0.502. The number of hydrogen-bond acceptors (Lipinski definition) is 0. The van der Waals surface area contributed by atoms with Crippen LogP contribution in [0.2, 0.25) is 5.02 Å². The van der Waals surface area contributed by atoms with Crippen molar-refractivity contribution in [3.63, 3.8) is 0 Å². The summed E-state index contributed by atoms with van der Waals surface area (Å²) in [5.41, 5.74) is 2.16. The van der Waals surface area contributed by atoms with E-state index >= 15 is 0 Å². The molecule has 0 nitrogen and oxygen atoms in total. The number of benzene rings is 2. The van der Waals surface area contributed by atoms with Gasteiger partial charge in [0.25, 0.3) is 0 Å². The van der Waals surface area contributed by atoms with E-state index in [2.05, 4.69) is 28.1 Å². The smallest absolute Gasteiger partial charge is 0.124 e. The van der Waals surface area contributed by atoms with Gasteiger partial charge in [0.05, 0.1) is 0 Å². The summed E-state index contributed by atoms with van der Waals surface area (Å²) < 4.78 is 14.1. The summed E-state index contributed by atoms with van der Waals surface area (Å²) in [6, 6.07) is 12.7. The van der Waals surface area contributed by atoms with Crippen LogP contribution in [0.25, 0.3) is 0 Å². The fourth-order valence-electron chi connectivity index (χ4n) is 2.18. The fourth-order valence-corrected chi connectivity index (χ4v) is 3.09. The van der Waals surface area contributed by atoms with Crippen LogP contribution in [-0.2, 0) is 12.8 Å². The minimum atomic E-state index is -0.312. The first kappa shape index (κ1) is 15.8. The van der Waals surface area contributed by atoms with Crippen molar-refractivity contribution in [2.24, 2.45) is 5.92 Å². The molecule has 2 aromatic rings. The van der Waals surface area contributed by atoms with Gasteiger partial charge in [-0.3, -0.25) is 0 Å². The Labute approximate surface area is 137 Å². The van der Waals surface area contributed by atoms with Crippen molar-refractivity contribution in [3.05, 3.63) is 68.9 Å². The Hall–Kier alpha value is -0.570. The molecule has 0 bridgehead atoms. The van der Waals surface area contributed by atoms with Gasteiger partial charge in [-0.2, -0.15) is 0 Å². The first-order valence-electron chi connectivity index (χ1n) is 6.33. The Morgan fingerprint density at radius 2 is 1.90 bits per heavy atom. The SMILES string of the molecule is Fc1ccc(CC(CCl)Cc2cccc(Br)c2)c(Cl)c1. The van der Waals surface area contributed by atoms with Gasteiger partial charge in [0.2, 0.25) is 0 Å². The van der Waals surface area contributed by atoms with E-state index in [-0.39, 0.29) is 11.7 Å². The maximum absolute atomic E-state index is 13.0. The Bertz CT molecular complexity index is 586. The highest BCUT2D eigenvalue weighted by Gasteiger charge is 2.12. The molecular weight excluding hydrogens is 362 g/mol. The van der Waals surface area contributed by atoms with Crippen molar-refractivity contribution in [1.29, 1.82) is 0 Å². The van der Waals surface area contributed by atoms with E-state index in [1.807, 2.05) is 12.1 Å². The molecule has 0 aliphatic carbocycles. The predicted molar refractivity (Wildman–Crippen MR) is 87.2 cm³/mol. The molecular formula is C16H14BrCl2F. The second-order valence-electron chi connectivity index (χ2n) is 4.79. The normalized spacial score (nSPS) is 12.4. The minimum absolute atomic E-state index is 0.272. The summed E-state index contributed by atoms with van der Waals surface area (Å²) in [7, 11) is 0. The van der Waals surface area contributed by atoms with Gasteiger partial charge in [-0.05, 0) is 54.2 Å². The zero-order chi connectivity index (χ0) is 14.5. The molecule has 2 rings (SSSR count). The standard InChI is InChI=1S/C16H14BrCl2F/c17-14-3-1-2-11(8-14)6-12(10-18)7-13-4-5-15(20)9-16(13)19/h1-5,8-9,12H,6-7,10H2. The highest BCUT2D eigenvalue weighted by molar-refractivity contribution is 9.10. The molecule has 0 radical (unpaired) electrons. The van der Waals surface area contributed by atoms with Gasteiger partial charge in [-0.1, -0.05) is 45.7 Å². The van der Waals surface area contributed by atoms with Crippen molar-refractivity contribution in [1.82, 2.24) is 0 Å². The van der Waals surface area contributed by atoms with Crippen LogP contribution in [0, 0.1) is 11.7 Å². The molecule has 0 aliphatic rings. The summed E-state index contributed by atoms with van der Waals surface area (Å²) in [6.07, 6.45) is 1.62. The van der Waals surface area contributed by atoms with E-state index in [4.69, 9.17) is 23.2 Å². The number of rotatable bonds is 5. The first-order valence-corrected chi connectivity index (χ1v) is 8.03. The van der Waals surface area contributed by atoms with Crippen molar-refractivity contribution < 1.29 is 4.39 Å². The second-order valence-corrected chi connectivity index (χ2v) is 6.43. The van der Waals surface area contributed by atoms with Gasteiger partial charge < -0.3 is 0 Å². The summed E-state index contributed by atoms with van der Waals surface area (Å²) >= 11 is 15.6. The molecule has 4 heteroatoms. The van der Waals surface area contributed by atoms with E-state index in [0.29, 0.717) is 10.9 Å². The molecule has 0 aromatic heterocycles. The van der Waals surface area contributed by atoms with Crippen molar-refractivity contribution in [3.8, 4) is 0 Å². The van der Waals surface area contributed by atoms with E-state index in [1.54, 1.807) is 6.07 Å². The Morgan fingerprint density at radius 3 is 2.55 bits per heavy atom. The van der Waals surface area contributed by atoms with Crippen LogP contribution in [0.3, 0.4) is 0 Å². The maximum Gasteiger partial charge on any atom is 0.124 e. The molecule has 0 heterocycles. The summed E-state index contributed by atoms with van der Waals surface area (Å²) in [4.78, 5) is 0. The monoisotopic (exact) mass is 374 g/mol. The third-order valence-corrected chi connectivity index (χ3v) is 4.44. The quantitative estimate of drug-likeness (QED) is 0.572. The van der Waals surface area contributed by atoms with Gasteiger partial charge in [-0.25, -0.2) is 4.39 Å². The Morgan fingerprint density at radius 1 is 1.10 bits per heavy atom. The Balaban J connectivity index is 2.09. The molecule has 0 aliphatic heterocycles. The van der Waals surface area contributed by atoms with Crippen LogP contribution in [0.15, 0.2) is 46.9 Å². The van der Waals surface area contributed by atoms with Crippen molar-refractivity contribution in [2.75, 3.05) is 5.88 Å². The lowest BCUT2D eigenvalue weighted by atomic mass is 9.94. The van der Waals surface area contributed by atoms with Crippen molar-refractivity contribution >= 4 is 39.1 Å². The van der Waals surface area contributed by atoms with Crippen LogP contribution in [0.1, 0.15) is 11.1 Å². The topological polar surface area (TPSA) is 0 Å². The maximum atomic E-state index is 13.0. The van der Waals surface area contributed by atoms with E-state index in [9.17, 15) is 4.39 Å². The molecule has 0 fully saturated rings. The van der Waals surface area contributed by atoms with Crippen molar-refractivity contribution in [2.45, 2.75) is 12.8 Å². The summed E-state index contributed by atoms with van der Waals surface area (Å²) in [6.45, 7) is 0. The lowest BCUT2D eigenvalue weighted by molar-refractivity contribution is 0.581. The van der Waals surface area contributed by atoms with Gasteiger partial charge in [0.15, 0.2) is 0 Å². The predicted octanol–water partition coefficient (Wildman–Crippen LogP) is 5.88. The molecule has 0 spiro atoms. The fraction of sp³-hybridized carbons (Fsp3) is 0.250. The molecule has 2 aromatic carbocycles. The van der Waals surface area contributed by atoms with Crippen LogP contribution in [0.5, 0.6) is 0 Å². The molecule has 0 saturated heterocycles. The van der Waals surface area contributed by atoms with Crippen LogP contribution < -0.4 is 0 Å². The number of alkyl halides is 1. The first-order chi connectivity index (χ1) is 9.58. The molecule has 0 saturated carbocycles. The average Bonchev–Trinajstić information content (AvgIpc) is 2.41. The molecule has 0 amide bonds. The van der Waals surface area contributed by atoms with Gasteiger partial charge >= 0.3 is 0 Å². The van der Waals surface area contributed by atoms with Gasteiger partial charge in [0.1, 0.15) is 5.82 Å². The number of halogens is 4. The zero-order valence-corrected chi connectivity index (χ0v) is 13.8. The van der Waals surface area contributed by atoms with Gasteiger partial charge in [0, 0.05) is 15.4 Å². The highest BCUT2D eigenvalue weighted by atomic mass is 79.9. The third kappa shape index (κ3) is 4.47. The average molecular weight is 376 g/mol. The molecule has 106 valence electrons. The van der Waals surface area contributed by atoms with E-state index < -0.39 is 0 Å². The van der Waals surface area contributed by atoms with Gasteiger partial charge in [-0.15, -0.1) is 11.6 Å². The molecule has 1 atom stereocenters. The number of hydrogen-bond donors (Lipinski definition) is 0. The van der Waals surface area contributed by atoms with Crippen LogP contribution in [0.4, 0.5) is 4.39 Å². The van der Waals surface area contributed by atoms with Crippen LogP contribution >= 0.6 is 39.1 Å².